The minimum absolute atomic E-state index is 0.0835. The first kappa shape index (κ1) is 23.5. The first-order valence-corrected chi connectivity index (χ1v) is 10.6. The maximum Gasteiger partial charge on any atom is 0.416 e. The van der Waals surface area contributed by atoms with E-state index >= 15 is 0 Å². The lowest BCUT2D eigenvalue weighted by atomic mass is 9.94. The summed E-state index contributed by atoms with van der Waals surface area (Å²) >= 11 is 0. The Morgan fingerprint density at radius 1 is 1.00 bits per heavy atom. The van der Waals surface area contributed by atoms with Crippen LogP contribution in [-0.4, -0.2) is 14.1 Å². The van der Waals surface area contributed by atoms with Crippen molar-refractivity contribution in [2.45, 2.75) is 33.5 Å². The molecule has 0 saturated carbocycles. The SMILES string of the molecule is Cc1cc(C)c(-c2cn(C)c3nc(NCc4cc(F)cc(C(F)(F)F)c4)n(C)c(=O)c23)c(C)c1. The second kappa shape index (κ2) is 8.30. The van der Waals surface area contributed by atoms with Crippen LogP contribution in [0.25, 0.3) is 22.2 Å². The maximum atomic E-state index is 13.7. The molecule has 4 aromatic rings. The summed E-state index contributed by atoms with van der Waals surface area (Å²) in [6.45, 7) is 5.87. The predicted octanol–water partition coefficient (Wildman–Crippen LogP) is 5.63. The number of fused-ring (bicyclic) bond motifs is 1. The van der Waals surface area contributed by atoms with E-state index in [4.69, 9.17) is 0 Å². The van der Waals surface area contributed by atoms with E-state index in [0.717, 1.165) is 39.9 Å². The van der Waals surface area contributed by atoms with Crippen LogP contribution in [-0.2, 0) is 26.8 Å². The molecule has 0 unspecified atom stereocenters. The number of aryl methyl sites for hydroxylation is 4. The molecule has 2 aromatic heterocycles. The summed E-state index contributed by atoms with van der Waals surface area (Å²) in [4.78, 5) is 17.9. The van der Waals surface area contributed by atoms with Crippen molar-refractivity contribution in [2.75, 3.05) is 5.32 Å². The molecule has 0 aliphatic heterocycles. The minimum atomic E-state index is -4.66. The van der Waals surface area contributed by atoms with E-state index in [2.05, 4.69) is 22.4 Å². The van der Waals surface area contributed by atoms with Crippen LogP contribution in [0.2, 0.25) is 0 Å². The Bertz CT molecular complexity index is 1460. The minimum Gasteiger partial charge on any atom is -0.351 e. The molecule has 0 atom stereocenters. The Labute approximate surface area is 193 Å². The average molecular weight is 472 g/mol. The van der Waals surface area contributed by atoms with E-state index in [9.17, 15) is 22.4 Å². The molecule has 0 spiro atoms. The Morgan fingerprint density at radius 2 is 1.65 bits per heavy atom. The van der Waals surface area contributed by atoms with Gasteiger partial charge in [-0.25, -0.2) is 4.39 Å². The number of rotatable bonds is 4. The van der Waals surface area contributed by atoms with Gasteiger partial charge in [0.05, 0.1) is 10.9 Å². The normalized spacial score (nSPS) is 11.9. The van der Waals surface area contributed by atoms with Gasteiger partial charge in [-0.1, -0.05) is 17.7 Å². The van der Waals surface area contributed by atoms with Gasteiger partial charge < -0.3 is 9.88 Å². The van der Waals surface area contributed by atoms with Crippen molar-refractivity contribution < 1.29 is 17.6 Å². The fourth-order valence-electron chi connectivity index (χ4n) is 4.45. The third kappa shape index (κ3) is 4.18. The number of benzene rings is 2. The van der Waals surface area contributed by atoms with Crippen molar-refractivity contribution in [2.24, 2.45) is 14.1 Å². The highest BCUT2D eigenvalue weighted by Gasteiger charge is 2.31. The van der Waals surface area contributed by atoms with Crippen molar-refractivity contribution in [1.29, 1.82) is 0 Å². The number of nitrogens with zero attached hydrogens (tertiary/aromatic N) is 3. The average Bonchev–Trinajstić information content (AvgIpc) is 3.03. The Balaban J connectivity index is 1.77. The maximum absolute atomic E-state index is 13.7. The number of alkyl halides is 3. The number of nitrogens with one attached hydrogen (secondary N) is 1. The molecular formula is C25H24F4N4O. The van der Waals surface area contributed by atoms with Gasteiger partial charge in [-0.05, 0) is 61.2 Å². The van der Waals surface area contributed by atoms with Crippen molar-refractivity contribution in [3.8, 4) is 11.1 Å². The van der Waals surface area contributed by atoms with Gasteiger partial charge in [0.25, 0.3) is 5.56 Å². The van der Waals surface area contributed by atoms with Gasteiger partial charge in [-0.2, -0.15) is 18.2 Å². The number of halogens is 4. The smallest absolute Gasteiger partial charge is 0.351 e. The summed E-state index contributed by atoms with van der Waals surface area (Å²) < 4.78 is 55.9. The first-order chi connectivity index (χ1) is 15.9. The zero-order chi connectivity index (χ0) is 24.9. The molecule has 5 nitrogen and oxygen atoms in total. The van der Waals surface area contributed by atoms with Crippen LogP contribution in [0, 0.1) is 26.6 Å². The largest absolute Gasteiger partial charge is 0.416 e. The zero-order valence-electron chi connectivity index (χ0n) is 19.4. The van der Waals surface area contributed by atoms with Crippen LogP contribution in [0.3, 0.4) is 0 Å². The van der Waals surface area contributed by atoms with E-state index in [1.807, 2.05) is 27.0 Å². The highest BCUT2D eigenvalue weighted by atomic mass is 19.4. The van der Waals surface area contributed by atoms with E-state index in [-0.39, 0.29) is 23.6 Å². The molecule has 0 saturated heterocycles. The lowest BCUT2D eigenvalue weighted by molar-refractivity contribution is -0.137. The second-order valence-corrected chi connectivity index (χ2v) is 8.63. The van der Waals surface area contributed by atoms with Crippen LogP contribution in [0.1, 0.15) is 27.8 Å². The molecule has 0 amide bonds. The van der Waals surface area contributed by atoms with E-state index in [1.54, 1.807) is 11.6 Å². The molecule has 34 heavy (non-hydrogen) atoms. The van der Waals surface area contributed by atoms with Crippen LogP contribution in [0.4, 0.5) is 23.5 Å². The van der Waals surface area contributed by atoms with Gasteiger partial charge >= 0.3 is 6.18 Å². The highest BCUT2D eigenvalue weighted by molar-refractivity contribution is 5.95. The highest BCUT2D eigenvalue weighted by Crippen LogP contribution is 2.34. The Morgan fingerprint density at radius 3 is 2.26 bits per heavy atom. The summed E-state index contributed by atoms with van der Waals surface area (Å²) in [7, 11) is 3.32. The van der Waals surface area contributed by atoms with Crippen LogP contribution >= 0.6 is 0 Å². The third-order valence-electron chi connectivity index (χ3n) is 5.88. The molecule has 2 heterocycles. The van der Waals surface area contributed by atoms with E-state index in [0.29, 0.717) is 17.1 Å². The van der Waals surface area contributed by atoms with Crippen molar-refractivity contribution in [1.82, 2.24) is 14.1 Å². The monoisotopic (exact) mass is 472 g/mol. The second-order valence-electron chi connectivity index (χ2n) is 8.63. The van der Waals surface area contributed by atoms with Crippen molar-refractivity contribution >= 4 is 17.0 Å². The van der Waals surface area contributed by atoms with E-state index < -0.39 is 17.6 Å². The molecule has 0 aliphatic rings. The summed E-state index contributed by atoms with van der Waals surface area (Å²) in [5, 5.41) is 3.33. The van der Waals surface area contributed by atoms with Gasteiger partial charge in [-0.15, -0.1) is 0 Å². The van der Waals surface area contributed by atoms with Crippen molar-refractivity contribution in [3.63, 3.8) is 0 Å². The van der Waals surface area contributed by atoms with E-state index in [1.165, 1.54) is 11.6 Å². The van der Waals surface area contributed by atoms with Crippen LogP contribution in [0.5, 0.6) is 0 Å². The quantitative estimate of drug-likeness (QED) is 0.392. The lowest BCUT2D eigenvalue weighted by Gasteiger charge is -2.13. The summed E-state index contributed by atoms with van der Waals surface area (Å²) in [6, 6.07) is 6.45. The Hall–Kier alpha value is -3.62. The third-order valence-corrected chi connectivity index (χ3v) is 5.88. The molecule has 0 radical (unpaired) electrons. The molecule has 178 valence electrons. The van der Waals surface area contributed by atoms with Gasteiger partial charge in [0, 0.05) is 32.4 Å². The summed E-state index contributed by atoms with van der Waals surface area (Å²) in [5.41, 5.74) is 4.11. The molecule has 0 aliphatic carbocycles. The lowest BCUT2D eigenvalue weighted by Crippen LogP contribution is -2.23. The number of hydrogen-bond donors (Lipinski definition) is 1. The topological polar surface area (TPSA) is 51.9 Å². The number of anilines is 1. The van der Waals surface area contributed by atoms with Crippen LogP contribution < -0.4 is 10.9 Å². The predicted molar refractivity (Wildman–Crippen MR) is 124 cm³/mol. The fourth-order valence-corrected chi connectivity index (χ4v) is 4.45. The molecule has 4 rings (SSSR count). The molecule has 1 N–H and O–H groups in total. The van der Waals surface area contributed by atoms with Gasteiger partial charge in [-0.3, -0.25) is 9.36 Å². The molecular weight excluding hydrogens is 448 g/mol. The Kier molecular flexibility index (Phi) is 5.75. The molecule has 0 bridgehead atoms. The molecule has 0 fully saturated rings. The number of hydrogen-bond acceptors (Lipinski definition) is 3. The van der Waals surface area contributed by atoms with Crippen LogP contribution in [0.15, 0.2) is 41.3 Å². The first-order valence-electron chi connectivity index (χ1n) is 10.6. The number of aromatic nitrogens is 3. The standard InChI is InChI=1S/C25H24F4N4O/c1-13-6-14(2)20(15(3)7-13)19-12-32(4)22-21(19)23(34)33(5)24(31-22)30-11-16-8-17(25(27,28)29)10-18(26)9-16/h6-10,12H,11H2,1-5H3,(H,30,31). The summed E-state index contributed by atoms with van der Waals surface area (Å²) in [6.07, 6.45) is -2.80. The van der Waals surface area contributed by atoms with Crippen molar-refractivity contribution in [3.05, 3.63) is 80.5 Å². The fraction of sp³-hybridized carbons (Fsp3) is 0.280. The zero-order valence-corrected chi connectivity index (χ0v) is 19.4. The van der Waals surface area contributed by atoms with Gasteiger partial charge in [0.2, 0.25) is 5.95 Å². The molecule has 2 aromatic carbocycles. The van der Waals surface area contributed by atoms with Gasteiger partial charge in [0.1, 0.15) is 11.5 Å². The van der Waals surface area contributed by atoms with Gasteiger partial charge in [0.15, 0.2) is 0 Å². The molecule has 9 heteroatoms. The summed E-state index contributed by atoms with van der Waals surface area (Å²) in [5.74, 6) is -0.819.